The van der Waals surface area contributed by atoms with E-state index in [1.54, 1.807) is 30.6 Å². The van der Waals surface area contributed by atoms with E-state index in [-0.39, 0.29) is 12.8 Å². The minimum absolute atomic E-state index is 0.0672. The van der Waals surface area contributed by atoms with Crippen molar-refractivity contribution in [3.05, 3.63) is 72.1 Å². The number of H-pyrrole nitrogens is 2. The van der Waals surface area contributed by atoms with Crippen molar-refractivity contribution in [2.24, 2.45) is 11.5 Å². The van der Waals surface area contributed by atoms with Crippen LogP contribution in [0.5, 0.6) is 0 Å². The average Bonchev–Trinajstić information content (AvgIpc) is 3.59. The predicted octanol–water partition coefficient (Wildman–Crippen LogP) is -0.349. The number of carboxylic acids is 2. The summed E-state index contributed by atoms with van der Waals surface area (Å²) in [4.78, 5) is 80.6. The Hall–Kier alpha value is -5.70. The SMILES string of the molecule is NC(=O)CC(NC(=O)C(Cc1c[nH]c2ccccc12)NC(=O)C(Cc1c[nH]c2ccccc12)NC(=O)C(N)CC(=O)O)C(=O)O. The Bertz CT molecular complexity index is 1750. The van der Waals surface area contributed by atoms with Crippen LogP contribution < -0.4 is 27.4 Å². The first-order chi connectivity index (χ1) is 21.4. The van der Waals surface area contributed by atoms with Gasteiger partial charge in [-0.1, -0.05) is 36.4 Å². The maximum atomic E-state index is 13.8. The lowest BCUT2D eigenvalue weighted by molar-refractivity contribution is -0.143. The van der Waals surface area contributed by atoms with Gasteiger partial charge in [0.25, 0.3) is 0 Å². The molecule has 0 saturated carbocycles. The van der Waals surface area contributed by atoms with Gasteiger partial charge >= 0.3 is 11.9 Å². The van der Waals surface area contributed by atoms with Crippen molar-refractivity contribution in [2.45, 2.75) is 49.9 Å². The number of para-hydroxylation sites is 2. The van der Waals surface area contributed by atoms with Gasteiger partial charge in [-0.2, -0.15) is 0 Å². The second-order valence-electron chi connectivity index (χ2n) is 10.5. The van der Waals surface area contributed by atoms with E-state index >= 15 is 0 Å². The van der Waals surface area contributed by atoms with Gasteiger partial charge in [0, 0.05) is 47.0 Å². The first kappa shape index (κ1) is 32.2. The maximum Gasteiger partial charge on any atom is 0.326 e. The standard InChI is InChI=1S/C30H33N7O8/c31-19(11-26(39)40)27(41)35-22(9-15-13-33-20-7-3-1-5-17(15)20)28(42)36-23(29(43)37-24(30(44)45)12-25(32)38)10-16-14-34-21-8-4-2-6-18(16)21/h1-8,13-14,19,22-24,33-34H,9-12,31H2,(H2,32,38)(H,35,41)(H,36,42)(H,37,43)(H,39,40)(H,44,45). The van der Waals surface area contributed by atoms with Gasteiger partial charge in [0.2, 0.25) is 23.6 Å². The number of carboxylic acid groups (broad SMARTS) is 2. The Morgan fingerprint density at radius 2 is 1.11 bits per heavy atom. The second-order valence-corrected chi connectivity index (χ2v) is 10.5. The molecule has 2 aromatic carbocycles. The smallest absolute Gasteiger partial charge is 0.326 e. The molecule has 15 heteroatoms. The summed E-state index contributed by atoms with van der Waals surface area (Å²) in [5.41, 5.74) is 13.7. The molecule has 45 heavy (non-hydrogen) atoms. The second kappa shape index (κ2) is 14.2. The molecule has 0 radical (unpaired) electrons. The third kappa shape index (κ3) is 8.23. The molecule has 2 heterocycles. The highest BCUT2D eigenvalue weighted by molar-refractivity contribution is 5.96. The number of aromatic amines is 2. The molecule has 4 unspecified atom stereocenters. The third-order valence-corrected chi connectivity index (χ3v) is 7.22. The number of amides is 4. The number of primary amides is 1. The Balaban J connectivity index is 1.65. The highest BCUT2D eigenvalue weighted by Gasteiger charge is 2.32. The molecule has 0 aliphatic carbocycles. The monoisotopic (exact) mass is 619 g/mol. The molecule has 0 aliphatic rings. The highest BCUT2D eigenvalue weighted by atomic mass is 16.4. The van der Waals surface area contributed by atoms with Crippen LogP contribution in [0.2, 0.25) is 0 Å². The first-order valence-corrected chi connectivity index (χ1v) is 13.9. The lowest BCUT2D eigenvalue weighted by Crippen LogP contribution is -2.58. The summed E-state index contributed by atoms with van der Waals surface area (Å²) in [6.45, 7) is 0. The maximum absolute atomic E-state index is 13.8. The van der Waals surface area contributed by atoms with Crippen molar-refractivity contribution in [1.82, 2.24) is 25.9 Å². The number of aromatic nitrogens is 2. The normalized spacial score (nSPS) is 13.8. The zero-order chi connectivity index (χ0) is 32.7. The molecule has 0 spiro atoms. The lowest BCUT2D eigenvalue weighted by Gasteiger charge is -2.25. The van der Waals surface area contributed by atoms with Crippen LogP contribution in [0, 0.1) is 0 Å². The highest BCUT2D eigenvalue weighted by Crippen LogP contribution is 2.21. The molecular formula is C30H33N7O8. The summed E-state index contributed by atoms with van der Waals surface area (Å²) in [7, 11) is 0. The molecule has 4 aromatic rings. The molecule has 2 aromatic heterocycles. The van der Waals surface area contributed by atoms with Crippen LogP contribution in [0.3, 0.4) is 0 Å². The van der Waals surface area contributed by atoms with Crippen LogP contribution in [0.1, 0.15) is 24.0 Å². The van der Waals surface area contributed by atoms with E-state index in [1.165, 1.54) is 0 Å². The van der Waals surface area contributed by atoms with Gasteiger partial charge in [0.15, 0.2) is 0 Å². The van der Waals surface area contributed by atoms with E-state index in [1.807, 2.05) is 30.3 Å². The average molecular weight is 620 g/mol. The van der Waals surface area contributed by atoms with Crippen molar-refractivity contribution in [1.29, 1.82) is 0 Å². The zero-order valence-corrected chi connectivity index (χ0v) is 23.9. The van der Waals surface area contributed by atoms with Crippen LogP contribution in [0.25, 0.3) is 21.8 Å². The summed E-state index contributed by atoms with van der Waals surface area (Å²) in [5, 5.41) is 27.5. The number of aliphatic carboxylic acids is 2. The third-order valence-electron chi connectivity index (χ3n) is 7.22. The van der Waals surface area contributed by atoms with Crippen molar-refractivity contribution < 1.29 is 39.0 Å². The van der Waals surface area contributed by atoms with Crippen LogP contribution in [-0.4, -0.2) is 79.9 Å². The Morgan fingerprint density at radius 1 is 0.667 bits per heavy atom. The summed E-state index contributed by atoms with van der Waals surface area (Å²) < 4.78 is 0. The van der Waals surface area contributed by atoms with Gasteiger partial charge in [-0.3, -0.25) is 24.0 Å². The van der Waals surface area contributed by atoms with Crippen LogP contribution in [0.4, 0.5) is 0 Å². The summed E-state index contributed by atoms with van der Waals surface area (Å²) in [6, 6.07) is 8.63. The van der Waals surface area contributed by atoms with E-state index in [2.05, 4.69) is 25.9 Å². The number of nitrogens with two attached hydrogens (primary N) is 2. The molecule has 0 aliphatic heterocycles. The number of hydrogen-bond acceptors (Lipinski definition) is 7. The molecule has 4 rings (SSSR count). The number of nitrogens with one attached hydrogen (secondary N) is 5. The minimum atomic E-state index is -1.66. The van der Waals surface area contributed by atoms with E-state index in [4.69, 9.17) is 16.6 Å². The number of hydrogen-bond donors (Lipinski definition) is 9. The lowest BCUT2D eigenvalue weighted by atomic mass is 10.0. The zero-order valence-electron chi connectivity index (χ0n) is 23.9. The fraction of sp³-hybridized carbons (Fsp3) is 0.267. The molecular weight excluding hydrogens is 586 g/mol. The summed E-state index contributed by atoms with van der Waals surface area (Å²) in [6.07, 6.45) is 1.76. The molecule has 4 amide bonds. The molecule has 4 atom stereocenters. The topological polar surface area (TPSA) is 263 Å². The number of carbonyl (C=O) groups excluding carboxylic acids is 4. The van der Waals surface area contributed by atoms with Crippen molar-refractivity contribution in [2.75, 3.05) is 0 Å². The van der Waals surface area contributed by atoms with Crippen molar-refractivity contribution in [3.63, 3.8) is 0 Å². The minimum Gasteiger partial charge on any atom is -0.481 e. The molecule has 11 N–H and O–H groups in total. The van der Waals surface area contributed by atoms with E-state index in [9.17, 15) is 33.9 Å². The van der Waals surface area contributed by atoms with Crippen LogP contribution >= 0.6 is 0 Å². The Kier molecular flexibility index (Phi) is 10.2. The number of benzene rings is 2. The van der Waals surface area contributed by atoms with Crippen LogP contribution in [-0.2, 0) is 41.6 Å². The van der Waals surface area contributed by atoms with Gasteiger partial charge in [0.1, 0.15) is 18.1 Å². The number of carbonyl (C=O) groups is 6. The van der Waals surface area contributed by atoms with E-state index in [0.29, 0.717) is 11.1 Å². The van der Waals surface area contributed by atoms with Gasteiger partial charge in [0.05, 0.1) is 18.9 Å². The fourth-order valence-electron chi connectivity index (χ4n) is 4.96. The largest absolute Gasteiger partial charge is 0.481 e. The molecule has 236 valence electrons. The molecule has 0 fully saturated rings. The van der Waals surface area contributed by atoms with Gasteiger partial charge < -0.3 is 47.6 Å². The number of fused-ring (bicyclic) bond motifs is 2. The molecule has 0 saturated heterocycles. The molecule has 0 bridgehead atoms. The Morgan fingerprint density at radius 3 is 1.56 bits per heavy atom. The van der Waals surface area contributed by atoms with Gasteiger partial charge in [-0.15, -0.1) is 0 Å². The quantitative estimate of drug-likeness (QED) is 0.0841. The number of rotatable bonds is 15. The van der Waals surface area contributed by atoms with Crippen LogP contribution in [0.15, 0.2) is 60.9 Å². The fourth-order valence-corrected chi connectivity index (χ4v) is 4.96. The van der Waals surface area contributed by atoms with Crippen molar-refractivity contribution >= 4 is 57.4 Å². The van der Waals surface area contributed by atoms with E-state index in [0.717, 1.165) is 21.8 Å². The summed E-state index contributed by atoms with van der Waals surface area (Å²) >= 11 is 0. The summed E-state index contributed by atoms with van der Waals surface area (Å²) in [5.74, 6) is -6.41. The van der Waals surface area contributed by atoms with E-state index < -0.39 is 72.6 Å². The first-order valence-electron chi connectivity index (χ1n) is 13.9. The van der Waals surface area contributed by atoms with Gasteiger partial charge in [-0.25, -0.2) is 4.79 Å². The predicted molar refractivity (Wildman–Crippen MR) is 161 cm³/mol. The van der Waals surface area contributed by atoms with Gasteiger partial charge in [-0.05, 0) is 23.3 Å². The Labute approximate surface area is 255 Å². The molecule has 15 nitrogen and oxygen atoms in total. The van der Waals surface area contributed by atoms with Crippen molar-refractivity contribution in [3.8, 4) is 0 Å².